The van der Waals surface area contributed by atoms with Crippen LogP contribution in [-0.4, -0.2) is 26.1 Å². The van der Waals surface area contributed by atoms with Crippen LogP contribution in [0.4, 0.5) is 0 Å². The van der Waals surface area contributed by atoms with Crippen molar-refractivity contribution in [3.8, 4) is 5.75 Å². The summed E-state index contributed by atoms with van der Waals surface area (Å²) >= 11 is 0. The summed E-state index contributed by atoms with van der Waals surface area (Å²) in [6.07, 6.45) is 0. The molecule has 0 bridgehead atoms. The van der Waals surface area contributed by atoms with E-state index in [1.807, 2.05) is 0 Å². The Balaban J connectivity index is 2.13. The van der Waals surface area contributed by atoms with Crippen molar-refractivity contribution in [2.24, 2.45) is 0 Å². The molecule has 1 aromatic carbocycles. The molecule has 0 saturated carbocycles. The Hall–Kier alpha value is -2.76. The minimum absolute atomic E-state index is 0.227. The van der Waals surface area contributed by atoms with E-state index in [9.17, 15) is 9.59 Å². The molecule has 0 spiro atoms. The molecule has 0 atom stereocenters. The van der Waals surface area contributed by atoms with E-state index in [0.717, 1.165) is 5.56 Å². The second-order valence-corrected chi connectivity index (χ2v) is 5.04. The van der Waals surface area contributed by atoms with E-state index >= 15 is 0 Å². The van der Waals surface area contributed by atoms with Crippen LogP contribution in [0.25, 0.3) is 0 Å². The van der Waals surface area contributed by atoms with Crippen LogP contribution in [0.3, 0.4) is 0 Å². The topological polar surface area (TPSA) is 77.8 Å². The van der Waals surface area contributed by atoms with Crippen LogP contribution >= 0.6 is 0 Å². The summed E-state index contributed by atoms with van der Waals surface area (Å²) in [5.74, 6) is 0.967. The van der Waals surface area contributed by atoms with Gasteiger partial charge >= 0.3 is 5.97 Å². The molecule has 1 heterocycles. The van der Waals surface area contributed by atoms with Gasteiger partial charge in [-0.1, -0.05) is 6.07 Å². The number of amides is 1. The zero-order chi connectivity index (χ0) is 17.0. The standard InChI is InChI=1S/C17H19NO5/c1-10-7-13(11(2)23-10)16(19)18-9-12-5-6-15(21-3)14(8-12)17(20)22-4/h5-8H,9H2,1-4H3,(H,18,19). The first-order valence-corrected chi connectivity index (χ1v) is 7.06. The maximum absolute atomic E-state index is 12.2. The first-order chi connectivity index (χ1) is 11.0. The lowest BCUT2D eigenvalue weighted by Gasteiger charge is -2.10. The van der Waals surface area contributed by atoms with Gasteiger partial charge in [-0.2, -0.15) is 0 Å². The molecule has 1 aromatic heterocycles. The van der Waals surface area contributed by atoms with Crippen molar-refractivity contribution >= 4 is 11.9 Å². The quantitative estimate of drug-likeness (QED) is 0.858. The molecular formula is C17H19NO5. The Kier molecular flexibility index (Phi) is 5.05. The van der Waals surface area contributed by atoms with Crippen LogP contribution in [0.15, 0.2) is 28.7 Å². The van der Waals surface area contributed by atoms with Crippen LogP contribution in [0.1, 0.15) is 37.8 Å². The van der Waals surface area contributed by atoms with E-state index in [4.69, 9.17) is 13.9 Å². The Morgan fingerprint density at radius 2 is 1.87 bits per heavy atom. The lowest BCUT2D eigenvalue weighted by molar-refractivity contribution is 0.0597. The highest BCUT2D eigenvalue weighted by Crippen LogP contribution is 2.21. The van der Waals surface area contributed by atoms with Crippen LogP contribution in [0.5, 0.6) is 5.75 Å². The maximum Gasteiger partial charge on any atom is 0.341 e. The average molecular weight is 317 g/mol. The van der Waals surface area contributed by atoms with E-state index in [2.05, 4.69) is 5.32 Å². The van der Waals surface area contributed by atoms with Crippen LogP contribution in [0, 0.1) is 13.8 Å². The molecule has 6 nitrogen and oxygen atoms in total. The number of carbonyl (C=O) groups is 2. The third-order valence-electron chi connectivity index (χ3n) is 3.41. The van der Waals surface area contributed by atoms with Gasteiger partial charge < -0.3 is 19.2 Å². The summed E-state index contributed by atoms with van der Waals surface area (Å²) in [5, 5.41) is 2.80. The first-order valence-electron chi connectivity index (χ1n) is 7.06. The van der Waals surface area contributed by atoms with Crippen LogP contribution in [-0.2, 0) is 11.3 Å². The van der Waals surface area contributed by atoms with Crippen molar-refractivity contribution in [3.63, 3.8) is 0 Å². The highest BCUT2D eigenvalue weighted by Gasteiger charge is 2.15. The lowest BCUT2D eigenvalue weighted by atomic mass is 10.1. The van der Waals surface area contributed by atoms with Gasteiger partial charge in [0.1, 0.15) is 22.8 Å². The summed E-state index contributed by atoms with van der Waals surface area (Å²) < 4.78 is 15.2. The summed E-state index contributed by atoms with van der Waals surface area (Å²) in [6, 6.07) is 6.77. The number of benzene rings is 1. The monoisotopic (exact) mass is 317 g/mol. The largest absolute Gasteiger partial charge is 0.496 e. The number of carbonyl (C=O) groups excluding carboxylic acids is 2. The smallest absolute Gasteiger partial charge is 0.341 e. The minimum Gasteiger partial charge on any atom is -0.496 e. The lowest BCUT2D eigenvalue weighted by Crippen LogP contribution is -2.23. The number of rotatable bonds is 5. The number of esters is 1. The van der Waals surface area contributed by atoms with Crippen molar-refractivity contribution in [2.45, 2.75) is 20.4 Å². The Labute approximate surface area is 134 Å². The molecule has 2 aromatic rings. The van der Waals surface area contributed by atoms with Crippen LogP contribution in [0.2, 0.25) is 0 Å². The number of hydrogen-bond acceptors (Lipinski definition) is 5. The molecule has 0 fully saturated rings. The molecule has 0 radical (unpaired) electrons. The van der Waals surface area contributed by atoms with E-state index < -0.39 is 5.97 Å². The van der Waals surface area contributed by atoms with E-state index in [1.165, 1.54) is 14.2 Å². The van der Waals surface area contributed by atoms with E-state index in [0.29, 0.717) is 28.4 Å². The van der Waals surface area contributed by atoms with Crippen molar-refractivity contribution < 1.29 is 23.5 Å². The minimum atomic E-state index is -0.490. The third kappa shape index (κ3) is 3.71. The fraction of sp³-hybridized carbons (Fsp3) is 0.294. The van der Waals surface area contributed by atoms with E-state index in [1.54, 1.807) is 38.1 Å². The zero-order valence-electron chi connectivity index (χ0n) is 13.6. The highest BCUT2D eigenvalue weighted by molar-refractivity contribution is 5.95. The van der Waals surface area contributed by atoms with Gasteiger partial charge in [-0.25, -0.2) is 4.79 Å². The van der Waals surface area contributed by atoms with Crippen molar-refractivity contribution in [3.05, 3.63) is 52.5 Å². The molecule has 0 aliphatic carbocycles. The molecule has 0 aliphatic rings. The number of nitrogens with one attached hydrogen (secondary N) is 1. The summed E-state index contributed by atoms with van der Waals surface area (Å²) in [6.45, 7) is 3.80. The predicted octanol–water partition coefficient (Wildman–Crippen LogP) is 2.62. The maximum atomic E-state index is 12.2. The second kappa shape index (κ2) is 7.00. The molecule has 1 N–H and O–H groups in total. The summed E-state index contributed by atoms with van der Waals surface area (Å²) in [7, 11) is 2.79. The van der Waals surface area contributed by atoms with Gasteiger partial charge in [0.2, 0.25) is 0 Å². The molecule has 122 valence electrons. The average Bonchev–Trinajstić information content (AvgIpc) is 2.90. The van der Waals surface area contributed by atoms with Crippen LogP contribution < -0.4 is 10.1 Å². The van der Waals surface area contributed by atoms with Gasteiger partial charge in [0.15, 0.2) is 0 Å². The van der Waals surface area contributed by atoms with Crippen molar-refractivity contribution in [2.75, 3.05) is 14.2 Å². The van der Waals surface area contributed by atoms with Crippen molar-refractivity contribution in [1.82, 2.24) is 5.32 Å². The molecule has 0 aliphatic heterocycles. The molecule has 6 heteroatoms. The Morgan fingerprint density at radius 1 is 1.13 bits per heavy atom. The SMILES string of the molecule is COC(=O)c1cc(CNC(=O)c2cc(C)oc2C)ccc1OC. The molecule has 23 heavy (non-hydrogen) atoms. The third-order valence-corrected chi connectivity index (χ3v) is 3.41. The number of aryl methyl sites for hydroxylation is 2. The van der Waals surface area contributed by atoms with Crippen molar-refractivity contribution in [1.29, 1.82) is 0 Å². The number of ether oxygens (including phenoxy) is 2. The van der Waals surface area contributed by atoms with Gasteiger partial charge in [0, 0.05) is 6.54 Å². The Morgan fingerprint density at radius 3 is 2.43 bits per heavy atom. The highest BCUT2D eigenvalue weighted by atomic mass is 16.5. The van der Waals surface area contributed by atoms with Gasteiger partial charge in [-0.15, -0.1) is 0 Å². The summed E-state index contributed by atoms with van der Waals surface area (Å²) in [5.41, 5.74) is 1.58. The molecule has 0 unspecified atom stereocenters. The Bertz CT molecular complexity index is 733. The second-order valence-electron chi connectivity index (χ2n) is 5.04. The first kappa shape index (κ1) is 16.6. The normalized spacial score (nSPS) is 10.3. The molecular weight excluding hydrogens is 298 g/mol. The molecule has 0 saturated heterocycles. The molecule has 1 amide bonds. The molecule has 2 rings (SSSR count). The summed E-state index contributed by atoms with van der Waals surface area (Å²) in [4.78, 5) is 23.9. The fourth-order valence-electron chi connectivity index (χ4n) is 2.27. The van der Waals surface area contributed by atoms with Gasteiger partial charge in [-0.05, 0) is 37.6 Å². The number of furan rings is 1. The zero-order valence-corrected chi connectivity index (χ0v) is 13.6. The predicted molar refractivity (Wildman–Crippen MR) is 83.7 cm³/mol. The van der Waals surface area contributed by atoms with Gasteiger partial charge in [-0.3, -0.25) is 4.79 Å². The number of hydrogen-bond donors (Lipinski definition) is 1. The van der Waals surface area contributed by atoms with Gasteiger partial charge in [0.05, 0.1) is 19.8 Å². The van der Waals surface area contributed by atoms with Gasteiger partial charge in [0.25, 0.3) is 5.91 Å². The number of methoxy groups -OCH3 is 2. The van der Waals surface area contributed by atoms with E-state index in [-0.39, 0.29) is 12.5 Å². The fourth-order valence-corrected chi connectivity index (χ4v) is 2.27.